The van der Waals surface area contributed by atoms with Gasteiger partial charge in [0.1, 0.15) is 0 Å². The molecule has 0 amide bonds. The zero-order chi connectivity index (χ0) is 14.2. The van der Waals surface area contributed by atoms with E-state index in [2.05, 4.69) is 24.0 Å². The molecule has 0 radical (unpaired) electrons. The quantitative estimate of drug-likeness (QED) is 0.739. The normalized spacial score (nSPS) is 18.8. The van der Waals surface area contributed by atoms with E-state index in [9.17, 15) is 0 Å². The molecule has 0 spiro atoms. The minimum atomic E-state index is 0.514. The van der Waals surface area contributed by atoms with Gasteiger partial charge in [-0.1, -0.05) is 25.1 Å². The molecule has 1 saturated heterocycles. The van der Waals surface area contributed by atoms with E-state index in [1.807, 2.05) is 12.1 Å². The predicted molar refractivity (Wildman–Crippen MR) is 84.6 cm³/mol. The molecule has 2 N–H and O–H groups in total. The van der Waals surface area contributed by atoms with Crippen molar-refractivity contribution in [1.29, 1.82) is 0 Å². The number of nitrogens with two attached hydrogens (primary N) is 1. The van der Waals surface area contributed by atoms with Crippen LogP contribution in [-0.2, 0) is 11.3 Å². The van der Waals surface area contributed by atoms with Crippen molar-refractivity contribution in [3.63, 3.8) is 0 Å². The van der Waals surface area contributed by atoms with E-state index in [1.165, 1.54) is 37.7 Å². The fourth-order valence-corrected chi connectivity index (χ4v) is 2.92. The van der Waals surface area contributed by atoms with Crippen LogP contribution in [0.2, 0.25) is 0 Å². The van der Waals surface area contributed by atoms with Crippen molar-refractivity contribution < 1.29 is 4.74 Å². The van der Waals surface area contributed by atoms with Crippen molar-refractivity contribution in [3.05, 3.63) is 29.8 Å². The molecule has 3 heteroatoms. The summed E-state index contributed by atoms with van der Waals surface area (Å²) in [5, 5.41) is 0. The Hall–Kier alpha value is -1.06. The molecule has 3 nitrogen and oxygen atoms in total. The molecule has 0 aromatic heterocycles. The van der Waals surface area contributed by atoms with E-state index in [-0.39, 0.29) is 0 Å². The Kier molecular flexibility index (Phi) is 6.34. The summed E-state index contributed by atoms with van der Waals surface area (Å²) in [6.07, 6.45) is 6.61. The molecule has 1 heterocycles. The van der Waals surface area contributed by atoms with Crippen molar-refractivity contribution >= 4 is 5.69 Å². The maximum absolute atomic E-state index is 6.05. The van der Waals surface area contributed by atoms with Crippen molar-refractivity contribution in [2.24, 2.45) is 0 Å². The van der Waals surface area contributed by atoms with Crippen LogP contribution in [0.3, 0.4) is 0 Å². The third kappa shape index (κ3) is 4.80. The lowest BCUT2D eigenvalue weighted by Crippen LogP contribution is -2.26. The summed E-state index contributed by atoms with van der Waals surface area (Å²) in [5.41, 5.74) is 8.20. The van der Waals surface area contributed by atoms with E-state index in [0.29, 0.717) is 6.10 Å². The highest BCUT2D eigenvalue weighted by Crippen LogP contribution is 2.18. The second-order valence-electron chi connectivity index (χ2n) is 5.75. The molecule has 1 fully saturated rings. The summed E-state index contributed by atoms with van der Waals surface area (Å²) in [7, 11) is 0. The van der Waals surface area contributed by atoms with Gasteiger partial charge < -0.3 is 10.5 Å². The van der Waals surface area contributed by atoms with Crippen LogP contribution in [0.5, 0.6) is 0 Å². The van der Waals surface area contributed by atoms with Crippen molar-refractivity contribution in [2.75, 3.05) is 25.4 Å². The van der Waals surface area contributed by atoms with E-state index >= 15 is 0 Å². The van der Waals surface area contributed by atoms with E-state index < -0.39 is 0 Å². The molecule has 20 heavy (non-hydrogen) atoms. The molecule has 1 aromatic carbocycles. The van der Waals surface area contributed by atoms with Crippen LogP contribution in [0.15, 0.2) is 24.3 Å². The van der Waals surface area contributed by atoms with Gasteiger partial charge in [-0.3, -0.25) is 4.90 Å². The van der Waals surface area contributed by atoms with Crippen LogP contribution < -0.4 is 5.73 Å². The molecule has 0 aliphatic carbocycles. The standard InChI is InChI=1S/C17H28N2O/c1-2-11-19(12-5-8-16-9-6-13-20-16)14-15-7-3-4-10-17(15)18/h3-4,7,10,16H,2,5-6,8-9,11-14,18H2,1H3. The van der Waals surface area contributed by atoms with Crippen molar-refractivity contribution in [3.8, 4) is 0 Å². The Balaban J connectivity index is 1.78. The Morgan fingerprint density at radius 1 is 1.30 bits per heavy atom. The van der Waals surface area contributed by atoms with Gasteiger partial charge in [0.25, 0.3) is 0 Å². The minimum absolute atomic E-state index is 0.514. The number of nitrogens with zero attached hydrogens (tertiary/aromatic N) is 1. The second-order valence-corrected chi connectivity index (χ2v) is 5.75. The highest BCUT2D eigenvalue weighted by atomic mass is 16.5. The molecule has 0 saturated carbocycles. The fraction of sp³-hybridized carbons (Fsp3) is 0.647. The number of nitrogen functional groups attached to an aromatic ring is 1. The van der Waals surface area contributed by atoms with Crippen molar-refractivity contribution in [1.82, 2.24) is 4.90 Å². The largest absolute Gasteiger partial charge is 0.398 e. The molecule has 1 unspecified atom stereocenters. The summed E-state index contributed by atoms with van der Waals surface area (Å²) in [6.45, 7) is 6.44. The topological polar surface area (TPSA) is 38.5 Å². The Morgan fingerprint density at radius 2 is 2.15 bits per heavy atom. The number of para-hydroxylation sites is 1. The van der Waals surface area contributed by atoms with Gasteiger partial charge in [-0.2, -0.15) is 0 Å². The number of hydrogen-bond acceptors (Lipinski definition) is 3. The molecule has 2 rings (SSSR count). The summed E-state index contributed by atoms with van der Waals surface area (Å²) < 4.78 is 5.69. The van der Waals surface area contributed by atoms with Gasteiger partial charge in [0.2, 0.25) is 0 Å². The van der Waals surface area contributed by atoms with Crippen LogP contribution in [0.1, 0.15) is 44.6 Å². The van der Waals surface area contributed by atoms with Gasteiger partial charge >= 0.3 is 0 Å². The molecular formula is C17H28N2O. The maximum atomic E-state index is 6.05. The predicted octanol–water partition coefficient (Wildman–Crippen LogP) is 3.44. The van der Waals surface area contributed by atoms with E-state index in [0.717, 1.165) is 31.9 Å². The first-order valence-corrected chi connectivity index (χ1v) is 7.97. The smallest absolute Gasteiger partial charge is 0.0576 e. The van der Waals surface area contributed by atoms with Gasteiger partial charge in [-0.05, 0) is 56.8 Å². The molecule has 1 aliphatic rings. The molecule has 112 valence electrons. The number of hydrogen-bond donors (Lipinski definition) is 1. The van der Waals surface area contributed by atoms with Gasteiger partial charge in [-0.15, -0.1) is 0 Å². The second kappa shape index (κ2) is 8.28. The zero-order valence-corrected chi connectivity index (χ0v) is 12.7. The van der Waals surface area contributed by atoms with E-state index in [4.69, 9.17) is 10.5 Å². The Labute approximate surface area is 123 Å². The van der Waals surface area contributed by atoms with Gasteiger partial charge in [0.15, 0.2) is 0 Å². The van der Waals surface area contributed by atoms with Crippen molar-refractivity contribution in [2.45, 2.75) is 51.7 Å². The summed E-state index contributed by atoms with van der Waals surface area (Å²) >= 11 is 0. The highest BCUT2D eigenvalue weighted by Gasteiger charge is 2.15. The van der Waals surface area contributed by atoms with Crippen LogP contribution in [0.4, 0.5) is 5.69 Å². The van der Waals surface area contributed by atoms with E-state index in [1.54, 1.807) is 0 Å². The van der Waals surface area contributed by atoms with Crippen LogP contribution in [-0.4, -0.2) is 30.7 Å². The average molecular weight is 276 g/mol. The lowest BCUT2D eigenvalue weighted by atomic mass is 10.1. The first-order valence-electron chi connectivity index (χ1n) is 7.97. The molecule has 0 bridgehead atoms. The third-order valence-electron chi connectivity index (χ3n) is 4.01. The summed E-state index contributed by atoms with van der Waals surface area (Å²) in [4.78, 5) is 2.51. The molecule has 1 atom stereocenters. The molecular weight excluding hydrogens is 248 g/mol. The lowest BCUT2D eigenvalue weighted by molar-refractivity contribution is 0.0983. The lowest BCUT2D eigenvalue weighted by Gasteiger charge is -2.23. The number of rotatable bonds is 8. The minimum Gasteiger partial charge on any atom is -0.398 e. The first kappa shape index (κ1) is 15.3. The Morgan fingerprint density at radius 3 is 2.85 bits per heavy atom. The SMILES string of the molecule is CCCN(CCCC1CCCO1)Cc1ccccc1N. The zero-order valence-electron chi connectivity index (χ0n) is 12.7. The number of anilines is 1. The average Bonchev–Trinajstić information content (AvgIpc) is 2.95. The highest BCUT2D eigenvalue weighted by molar-refractivity contribution is 5.46. The van der Waals surface area contributed by atoms with Crippen LogP contribution >= 0.6 is 0 Å². The van der Waals surface area contributed by atoms with Gasteiger partial charge in [-0.25, -0.2) is 0 Å². The molecule has 1 aliphatic heterocycles. The first-order chi connectivity index (χ1) is 9.79. The number of ether oxygens (including phenoxy) is 1. The summed E-state index contributed by atoms with van der Waals surface area (Å²) in [5.74, 6) is 0. The third-order valence-corrected chi connectivity index (χ3v) is 4.01. The number of benzene rings is 1. The van der Waals surface area contributed by atoms with Gasteiger partial charge in [0.05, 0.1) is 6.10 Å². The van der Waals surface area contributed by atoms with Crippen LogP contribution in [0.25, 0.3) is 0 Å². The Bertz CT molecular complexity index is 388. The molecule has 1 aromatic rings. The summed E-state index contributed by atoms with van der Waals surface area (Å²) in [6, 6.07) is 8.20. The fourth-order valence-electron chi connectivity index (χ4n) is 2.92. The maximum Gasteiger partial charge on any atom is 0.0576 e. The van der Waals surface area contributed by atoms with Gasteiger partial charge in [0, 0.05) is 18.8 Å². The van der Waals surface area contributed by atoms with Crippen LogP contribution in [0, 0.1) is 0 Å². The monoisotopic (exact) mass is 276 g/mol.